The minimum atomic E-state index is -2.12. The van der Waals surface area contributed by atoms with Gasteiger partial charge in [-0.25, -0.2) is 4.90 Å². The van der Waals surface area contributed by atoms with Crippen molar-refractivity contribution < 1.29 is 23.9 Å². The van der Waals surface area contributed by atoms with Gasteiger partial charge in [0.25, 0.3) is 0 Å². The van der Waals surface area contributed by atoms with Crippen molar-refractivity contribution in [3.63, 3.8) is 0 Å². The predicted molar refractivity (Wildman–Crippen MR) is 124 cm³/mol. The van der Waals surface area contributed by atoms with E-state index in [9.17, 15) is 19.2 Å². The van der Waals surface area contributed by atoms with Gasteiger partial charge in [0.1, 0.15) is 0 Å². The van der Waals surface area contributed by atoms with Crippen molar-refractivity contribution in [1.82, 2.24) is 0 Å². The molecule has 2 aliphatic heterocycles. The van der Waals surface area contributed by atoms with Crippen LogP contribution in [0, 0.1) is 11.8 Å². The molecule has 2 fully saturated rings. The lowest BCUT2D eigenvalue weighted by atomic mass is 9.77. The lowest BCUT2D eigenvalue weighted by Crippen LogP contribution is -2.51. The Balaban J connectivity index is 1.57. The summed E-state index contributed by atoms with van der Waals surface area (Å²) < 4.78 is 6.22. The van der Waals surface area contributed by atoms with Crippen LogP contribution in [0.3, 0.4) is 0 Å². The van der Waals surface area contributed by atoms with Gasteiger partial charge in [-0.2, -0.15) is 0 Å². The van der Waals surface area contributed by atoms with Crippen molar-refractivity contribution >= 4 is 52.3 Å². The number of Topliss-reactive ketones (excluding diaryl/α,β-unsaturated/α-hetero) is 2. The second-order valence-electron chi connectivity index (χ2n) is 8.50. The molecule has 0 bridgehead atoms. The molecule has 168 valence electrons. The molecule has 1 aliphatic carbocycles. The first kappa shape index (κ1) is 21.2. The number of imide groups is 1. The van der Waals surface area contributed by atoms with Gasteiger partial charge in [-0.3, -0.25) is 19.2 Å². The fourth-order valence-corrected chi connectivity index (χ4v) is 5.72. The van der Waals surface area contributed by atoms with E-state index in [4.69, 9.17) is 27.9 Å². The van der Waals surface area contributed by atoms with Gasteiger partial charge < -0.3 is 4.74 Å². The van der Waals surface area contributed by atoms with E-state index in [-0.39, 0.29) is 26.9 Å². The smallest absolute Gasteiger partial charge is 0.241 e. The van der Waals surface area contributed by atoms with Crippen LogP contribution in [0.4, 0.5) is 5.69 Å². The van der Waals surface area contributed by atoms with Gasteiger partial charge in [0.15, 0.2) is 0 Å². The molecule has 3 aromatic carbocycles. The second-order valence-corrected chi connectivity index (χ2v) is 9.34. The van der Waals surface area contributed by atoms with E-state index in [1.54, 1.807) is 42.5 Å². The lowest BCUT2D eigenvalue weighted by molar-refractivity contribution is -0.127. The van der Waals surface area contributed by atoms with Crippen molar-refractivity contribution in [2.75, 3.05) is 4.90 Å². The second kappa shape index (κ2) is 7.34. The molecule has 0 N–H and O–H groups in total. The highest BCUT2D eigenvalue weighted by Gasteiger charge is 2.74. The molecule has 0 unspecified atom stereocenters. The number of amides is 2. The third kappa shape index (κ3) is 2.61. The van der Waals surface area contributed by atoms with Gasteiger partial charge in [-0.15, -0.1) is 0 Å². The van der Waals surface area contributed by atoms with Crippen LogP contribution in [0.15, 0.2) is 72.8 Å². The summed E-state index contributed by atoms with van der Waals surface area (Å²) in [5.74, 6) is -4.96. The van der Waals surface area contributed by atoms with E-state index < -0.39 is 46.9 Å². The van der Waals surface area contributed by atoms with E-state index in [1.165, 1.54) is 30.3 Å². The number of carbonyl (C=O) groups excluding carboxylic acids is 4. The van der Waals surface area contributed by atoms with Gasteiger partial charge in [-0.05, 0) is 23.8 Å². The summed E-state index contributed by atoms with van der Waals surface area (Å²) in [7, 11) is 0. The number of hydrogen-bond acceptors (Lipinski definition) is 5. The number of hydrogen-bond donors (Lipinski definition) is 0. The Bertz CT molecular complexity index is 1380. The monoisotopic (exact) mass is 491 g/mol. The zero-order chi connectivity index (χ0) is 23.8. The van der Waals surface area contributed by atoms with Crippen molar-refractivity contribution in [1.29, 1.82) is 0 Å². The Labute approximate surface area is 204 Å². The van der Waals surface area contributed by atoms with Gasteiger partial charge in [0.05, 0.1) is 28.6 Å². The van der Waals surface area contributed by atoms with E-state index in [2.05, 4.69) is 0 Å². The Morgan fingerprint density at radius 3 is 2.03 bits per heavy atom. The maximum absolute atomic E-state index is 13.9. The number of ether oxygens (including phenoxy) is 1. The summed E-state index contributed by atoms with van der Waals surface area (Å²) in [5, 5.41) is 0.424. The predicted octanol–water partition coefficient (Wildman–Crippen LogP) is 4.69. The van der Waals surface area contributed by atoms with Crippen LogP contribution in [-0.2, 0) is 14.3 Å². The molecule has 2 heterocycles. The van der Waals surface area contributed by atoms with E-state index in [1.807, 2.05) is 0 Å². The van der Waals surface area contributed by atoms with Crippen molar-refractivity contribution in [3.05, 3.63) is 99.5 Å². The maximum atomic E-state index is 13.9. The van der Waals surface area contributed by atoms with Crippen LogP contribution >= 0.6 is 23.2 Å². The molecule has 6 nitrogen and oxygen atoms in total. The molecule has 34 heavy (non-hydrogen) atoms. The molecule has 0 saturated carbocycles. The first-order chi connectivity index (χ1) is 16.4. The molecule has 6 rings (SSSR count). The van der Waals surface area contributed by atoms with Gasteiger partial charge in [0.2, 0.25) is 29.0 Å². The molecule has 8 heteroatoms. The largest absolute Gasteiger partial charge is 0.349 e. The molecule has 2 amide bonds. The number of nitrogens with zero attached hydrogens (tertiary/aromatic N) is 1. The van der Waals surface area contributed by atoms with E-state index >= 15 is 0 Å². The Morgan fingerprint density at radius 1 is 0.765 bits per heavy atom. The van der Waals surface area contributed by atoms with Gasteiger partial charge in [-0.1, -0.05) is 77.8 Å². The van der Waals surface area contributed by atoms with Gasteiger partial charge in [0, 0.05) is 16.1 Å². The van der Waals surface area contributed by atoms with Crippen LogP contribution in [0.1, 0.15) is 32.4 Å². The van der Waals surface area contributed by atoms with Crippen LogP contribution in [-0.4, -0.2) is 29.0 Å². The topological polar surface area (TPSA) is 80.8 Å². The number of fused-ring (bicyclic) bond motifs is 3. The summed E-state index contributed by atoms with van der Waals surface area (Å²) in [6.45, 7) is 0. The van der Waals surface area contributed by atoms with Crippen molar-refractivity contribution in [3.8, 4) is 0 Å². The highest BCUT2D eigenvalue weighted by Crippen LogP contribution is 2.58. The number of anilines is 1. The summed E-state index contributed by atoms with van der Waals surface area (Å²) in [5.41, 5.74) is -1.07. The lowest BCUT2D eigenvalue weighted by Gasteiger charge is -2.27. The summed E-state index contributed by atoms with van der Waals surface area (Å²) >= 11 is 12.5. The number of halogens is 2. The Kier molecular flexibility index (Phi) is 4.58. The molecular formula is C26H15Cl2NO5. The Hall–Kier alpha value is -3.32. The number of carbonyl (C=O) groups is 4. The fourth-order valence-electron chi connectivity index (χ4n) is 5.36. The Morgan fingerprint density at radius 2 is 1.38 bits per heavy atom. The van der Waals surface area contributed by atoms with E-state index in [0.717, 1.165) is 4.90 Å². The average molecular weight is 492 g/mol. The van der Waals surface area contributed by atoms with Crippen LogP contribution in [0.2, 0.25) is 10.0 Å². The first-order valence-corrected chi connectivity index (χ1v) is 11.4. The van der Waals surface area contributed by atoms with Gasteiger partial charge >= 0.3 is 0 Å². The highest BCUT2D eigenvalue weighted by atomic mass is 35.5. The SMILES string of the molecule is O=C1[C@H]2[C@@H](c3ccccc3)OC3(C(=O)c4ccccc4C3=O)[C@H]2C(=O)N1c1cc(Cl)ccc1Cl. The molecule has 3 aliphatic rings. The standard InChI is InChI=1S/C26H15Cl2NO5/c27-14-10-11-17(28)18(12-14)29-24(32)19-20(25(29)33)26(34-21(19)13-6-2-1-3-7-13)22(30)15-8-4-5-9-16(15)23(26)31/h1-12,19-21H/t19-,20-,21-/m1/s1. The summed E-state index contributed by atoms with van der Waals surface area (Å²) in [6.07, 6.45) is -0.979. The summed E-state index contributed by atoms with van der Waals surface area (Å²) in [6, 6.07) is 19.6. The zero-order valence-electron chi connectivity index (χ0n) is 17.4. The molecule has 0 aromatic heterocycles. The van der Waals surface area contributed by atoms with Crippen LogP contribution < -0.4 is 4.90 Å². The molecule has 3 aromatic rings. The normalized spacial score (nSPS) is 24.8. The average Bonchev–Trinajstić information content (AvgIpc) is 3.41. The molecule has 2 saturated heterocycles. The van der Waals surface area contributed by atoms with Crippen LogP contribution in [0.5, 0.6) is 0 Å². The third-order valence-corrected chi connectivity index (χ3v) is 7.35. The molecule has 0 radical (unpaired) electrons. The minimum Gasteiger partial charge on any atom is -0.349 e. The molecular weight excluding hydrogens is 477 g/mol. The zero-order valence-corrected chi connectivity index (χ0v) is 18.9. The third-order valence-electron chi connectivity index (χ3n) is 6.80. The molecule has 1 spiro atoms. The summed E-state index contributed by atoms with van der Waals surface area (Å²) in [4.78, 5) is 56.0. The van der Waals surface area contributed by atoms with Crippen LogP contribution in [0.25, 0.3) is 0 Å². The first-order valence-electron chi connectivity index (χ1n) is 10.6. The minimum absolute atomic E-state index is 0.107. The number of rotatable bonds is 2. The van der Waals surface area contributed by atoms with Crippen molar-refractivity contribution in [2.24, 2.45) is 11.8 Å². The maximum Gasteiger partial charge on any atom is 0.241 e. The number of ketones is 2. The fraction of sp³-hybridized carbons (Fsp3) is 0.154. The highest BCUT2D eigenvalue weighted by molar-refractivity contribution is 6.40. The van der Waals surface area contributed by atoms with E-state index in [0.29, 0.717) is 5.56 Å². The molecule has 3 atom stereocenters. The number of benzene rings is 3. The quantitative estimate of drug-likeness (QED) is 0.383. The van der Waals surface area contributed by atoms with Crippen molar-refractivity contribution in [2.45, 2.75) is 11.7 Å².